The predicted octanol–water partition coefficient (Wildman–Crippen LogP) is 2.33. The molecule has 0 aliphatic heterocycles. The number of hydrogen-bond acceptors (Lipinski definition) is 6. The molecule has 0 aliphatic rings. The highest BCUT2D eigenvalue weighted by molar-refractivity contribution is 5.61. The van der Waals surface area contributed by atoms with Gasteiger partial charge in [-0.15, -0.1) is 10.2 Å². The molecule has 0 saturated heterocycles. The highest BCUT2D eigenvalue weighted by Crippen LogP contribution is 2.22. The number of nitro benzene ring substituents is 1. The lowest BCUT2D eigenvalue weighted by Gasteiger charge is -2.09. The quantitative estimate of drug-likeness (QED) is 0.670. The molecule has 0 spiro atoms. The van der Waals surface area contributed by atoms with E-state index in [0.29, 0.717) is 12.2 Å². The Balaban J connectivity index is 2.19. The largest absolute Gasteiger partial charge is 0.377 e. The van der Waals surface area contributed by atoms with Crippen molar-refractivity contribution in [2.75, 3.05) is 5.32 Å². The maximum atomic E-state index is 10.7. The summed E-state index contributed by atoms with van der Waals surface area (Å²) in [4.78, 5) is 10.2. The van der Waals surface area contributed by atoms with Gasteiger partial charge in [0.2, 0.25) is 0 Å². The summed E-state index contributed by atoms with van der Waals surface area (Å²) < 4.78 is 1.90. The predicted molar refractivity (Wildman–Crippen MR) is 80.2 cm³/mol. The van der Waals surface area contributed by atoms with Gasteiger partial charge in [0.05, 0.1) is 22.7 Å². The fraction of sp³-hybridized carbons (Fsp3) is 0.357. The zero-order valence-electron chi connectivity index (χ0n) is 12.6. The number of rotatable bonds is 5. The van der Waals surface area contributed by atoms with Gasteiger partial charge < -0.3 is 9.88 Å². The van der Waals surface area contributed by atoms with Crippen LogP contribution >= 0.6 is 0 Å². The smallest absolute Gasteiger partial charge is 0.270 e. The van der Waals surface area contributed by atoms with Crippen LogP contribution < -0.4 is 5.32 Å². The first-order valence-electron chi connectivity index (χ1n) is 6.74. The highest BCUT2D eigenvalue weighted by Gasteiger charge is 2.13. The van der Waals surface area contributed by atoms with E-state index in [1.807, 2.05) is 31.5 Å². The molecule has 8 nitrogen and oxygen atoms in total. The van der Waals surface area contributed by atoms with Gasteiger partial charge in [0.1, 0.15) is 11.9 Å². The van der Waals surface area contributed by atoms with Crippen molar-refractivity contribution in [2.24, 2.45) is 7.05 Å². The first-order chi connectivity index (χ1) is 10.4. The summed E-state index contributed by atoms with van der Waals surface area (Å²) >= 11 is 0. The molecule has 0 aliphatic carbocycles. The van der Waals surface area contributed by atoms with Crippen molar-refractivity contribution in [3.63, 3.8) is 0 Å². The molecule has 0 radical (unpaired) electrons. The Kier molecular flexibility index (Phi) is 4.36. The van der Waals surface area contributed by atoms with Crippen LogP contribution in [0.25, 0.3) is 0 Å². The first-order valence-corrected chi connectivity index (χ1v) is 6.74. The van der Waals surface area contributed by atoms with Gasteiger partial charge in [-0.1, -0.05) is 13.8 Å². The fourth-order valence-electron chi connectivity index (χ4n) is 2.10. The van der Waals surface area contributed by atoms with Crippen molar-refractivity contribution in [3.05, 3.63) is 45.5 Å². The molecule has 0 fully saturated rings. The number of nitrogens with zero attached hydrogens (tertiary/aromatic N) is 5. The van der Waals surface area contributed by atoms with E-state index in [2.05, 4.69) is 15.5 Å². The van der Waals surface area contributed by atoms with Crippen molar-refractivity contribution in [1.29, 1.82) is 5.26 Å². The van der Waals surface area contributed by atoms with Crippen molar-refractivity contribution in [2.45, 2.75) is 26.3 Å². The standard InChI is InChI=1S/C14H16N6O2/c1-9(2)14-18-17-13(19(14)3)8-16-12-5-4-11(20(21)22)6-10(12)7-15/h4-6,9,16H,8H2,1-3H3. The van der Waals surface area contributed by atoms with Gasteiger partial charge in [0.25, 0.3) is 5.69 Å². The molecule has 1 N–H and O–H groups in total. The summed E-state index contributed by atoms with van der Waals surface area (Å²) in [5, 5.41) is 31.1. The molecule has 114 valence electrons. The lowest BCUT2D eigenvalue weighted by Crippen LogP contribution is -2.09. The Morgan fingerprint density at radius 2 is 2.18 bits per heavy atom. The molecule has 1 aromatic carbocycles. The minimum Gasteiger partial charge on any atom is -0.377 e. The number of aromatic nitrogens is 3. The van der Waals surface area contributed by atoms with Gasteiger partial charge in [-0.2, -0.15) is 5.26 Å². The second-order valence-corrected chi connectivity index (χ2v) is 5.14. The lowest BCUT2D eigenvalue weighted by molar-refractivity contribution is -0.384. The third kappa shape index (κ3) is 3.03. The maximum Gasteiger partial charge on any atom is 0.270 e. The SMILES string of the molecule is CC(C)c1nnc(CNc2ccc([N+](=O)[O-])cc2C#N)n1C. The van der Waals surface area contributed by atoms with Gasteiger partial charge in [0.15, 0.2) is 5.82 Å². The zero-order valence-corrected chi connectivity index (χ0v) is 12.6. The Morgan fingerprint density at radius 3 is 2.73 bits per heavy atom. The van der Waals surface area contributed by atoms with Crippen LogP contribution in [0.3, 0.4) is 0 Å². The Morgan fingerprint density at radius 1 is 1.45 bits per heavy atom. The third-order valence-corrected chi connectivity index (χ3v) is 3.29. The summed E-state index contributed by atoms with van der Waals surface area (Å²) in [5.41, 5.74) is 0.644. The van der Waals surface area contributed by atoms with Crippen LogP contribution in [0.1, 0.15) is 37.0 Å². The Labute approximate surface area is 127 Å². The molecular weight excluding hydrogens is 284 g/mol. The number of non-ortho nitro benzene ring substituents is 1. The summed E-state index contributed by atoms with van der Waals surface area (Å²) in [6.07, 6.45) is 0. The Bertz CT molecular complexity index is 744. The number of benzene rings is 1. The molecule has 0 atom stereocenters. The van der Waals surface area contributed by atoms with E-state index in [4.69, 9.17) is 5.26 Å². The molecule has 0 saturated carbocycles. The number of nitro groups is 1. The fourth-order valence-corrected chi connectivity index (χ4v) is 2.10. The molecule has 0 amide bonds. The average molecular weight is 300 g/mol. The van der Waals surface area contributed by atoms with Crippen LogP contribution in [0.15, 0.2) is 18.2 Å². The van der Waals surface area contributed by atoms with Crippen LogP contribution in [-0.4, -0.2) is 19.7 Å². The molecule has 8 heteroatoms. The van der Waals surface area contributed by atoms with Gasteiger partial charge in [-0.3, -0.25) is 10.1 Å². The second kappa shape index (κ2) is 6.22. The van der Waals surface area contributed by atoms with Crippen LogP contribution in [0.4, 0.5) is 11.4 Å². The van der Waals surface area contributed by atoms with E-state index >= 15 is 0 Å². The van der Waals surface area contributed by atoms with Crippen molar-refractivity contribution >= 4 is 11.4 Å². The summed E-state index contributed by atoms with van der Waals surface area (Å²) in [5.74, 6) is 1.87. The van der Waals surface area contributed by atoms with Gasteiger partial charge in [-0.25, -0.2) is 0 Å². The van der Waals surface area contributed by atoms with E-state index in [1.165, 1.54) is 18.2 Å². The topological polar surface area (TPSA) is 110 Å². The van der Waals surface area contributed by atoms with Gasteiger partial charge in [0, 0.05) is 25.1 Å². The molecule has 2 aromatic rings. The van der Waals surface area contributed by atoms with E-state index < -0.39 is 4.92 Å². The van der Waals surface area contributed by atoms with Crippen LogP contribution in [0.5, 0.6) is 0 Å². The first kappa shape index (κ1) is 15.4. The molecule has 22 heavy (non-hydrogen) atoms. The number of nitrogens with one attached hydrogen (secondary N) is 1. The summed E-state index contributed by atoms with van der Waals surface area (Å²) in [7, 11) is 1.88. The molecule has 2 rings (SSSR count). The van der Waals surface area contributed by atoms with Gasteiger partial charge >= 0.3 is 0 Å². The molecule has 1 heterocycles. The zero-order chi connectivity index (χ0) is 16.3. The maximum absolute atomic E-state index is 10.7. The minimum absolute atomic E-state index is 0.108. The minimum atomic E-state index is -0.526. The average Bonchev–Trinajstić information content (AvgIpc) is 2.86. The van der Waals surface area contributed by atoms with Crippen LogP contribution in [0.2, 0.25) is 0 Å². The second-order valence-electron chi connectivity index (χ2n) is 5.14. The Hall–Kier alpha value is -2.95. The third-order valence-electron chi connectivity index (χ3n) is 3.29. The van der Waals surface area contributed by atoms with Crippen molar-refractivity contribution in [3.8, 4) is 6.07 Å². The van der Waals surface area contributed by atoms with E-state index in [1.54, 1.807) is 0 Å². The number of anilines is 1. The van der Waals surface area contributed by atoms with E-state index in [9.17, 15) is 10.1 Å². The number of hydrogen-bond donors (Lipinski definition) is 1. The van der Waals surface area contributed by atoms with E-state index in [-0.39, 0.29) is 17.2 Å². The van der Waals surface area contributed by atoms with Crippen molar-refractivity contribution < 1.29 is 4.92 Å². The van der Waals surface area contributed by atoms with Crippen LogP contribution in [-0.2, 0) is 13.6 Å². The highest BCUT2D eigenvalue weighted by atomic mass is 16.6. The monoisotopic (exact) mass is 300 g/mol. The normalized spacial score (nSPS) is 10.5. The van der Waals surface area contributed by atoms with Crippen molar-refractivity contribution in [1.82, 2.24) is 14.8 Å². The summed E-state index contributed by atoms with van der Waals surface area (Å²) in [6.45, 7) is 4.44. The molecule has 0 bridgehead atoms. The molecule has 0 unspecified atom stereocenters. The molecular formula is C14H16N6O2. The summed E-state index contributed by atoms with van der Waals surface area (Å²) in [6, 6.07) is 6.09. The molecule has 1 aromatic heterocycles. The van der Waals surface area contributed by atoms with Crippen LogP contribution in [0, 0.1) is 21.4 Å². The van der Waals surface area contributed by atoms with Gasteiger partial charge in [-0.05, 0) is 6.07 Å². The van der Waals surface area contributed by atoms with E-state index in [0.717, 1.165) is 11.6 Å². The lowest BCUT2D eigenvalue weighted by atomic mass is 10.1. The number of nitriles is 1.